The fourth-order valence-corrected chi connectivity index (χ4v) is 2.47. The topological polar surface area (TPSA) is 17.1 Å². The Morgan fingerprint density at radius 1 is 1.10 bits per heavy atom. The quantitative estimate of drug-likeness (QED) is 0.736. The van der Waals surface area contributed by atoms with E-state index in [-0.39, 0.29) is 17.8 Å². The Labute approximate surface area is 124 Å². The van der Waals surface area contributed by atoms with Gasteiger partial charge in [-0.15, -0.1) is 0 Å². The molecule has 0 aromatic heterocycles. The first-order valence-corrected chi connectivity index (χ1v) is 6.91. The molecule has 0 amide bonds. The summed E-state index contributed by atoms with van der Waals surface area (Å²) in [6, 6.07) is 6.91. The number of aryl methyl sites for hydroxylation is 2. The van der Waals surface area contributed by atoms with Gasteiger partial charge in [0.15, 0.2) is 5.78 Å². The molecule has 0 saturated carbocycles. The van der Waals surface area contributed by atoms with Gasteiger partial charge < -0.3 is 0 Å². The Balaban J connectivity index is 2.31. The van der Waals surface area contributed by atoms with E-state index in [1.165, 1.54) is 6.07 Å². The lowest BCUT2D eigenvalue weighted by molar-refractivity contribution is 0.0991. The Hall–Kier alpha value is -1.55. The number of carbonyl (C=O) groups is 1. The summed E-state index contributed by atoms with van der Waals surface area (Å²) in [4.78, 5) is 12.3. The van der Waals surface area contributed by atoms with Gasteiger partial charge in [-0.25, -0.2) is 8.78 Å². The molecule has 20 heavy (non-hydrogen) atoms. The third-order valence-electron chi connectivity index (χ3n) is 3.17. The fourth-order valence-electron chi connectivity index (χ4n) is 2.01. The summed E-state index contributed by atoms with van der Waals surface area (Å²) in [7, 11) is 0. The molecule has 0 aliphatic carbocycles. The van der Waals surface area contributed by atoms with Gasteiger partial charge in [0, 0.05) is 22.5 Å². The largest absolute Gasteiger partial charge is 0.294 e. The minimum atomic E-state index is -0.690. The Morgan fingerprint density at radius 2 is 1.80 bits per heavy atom. The van der Waals surface area contributed by atoms with Crippen molar-refractivity contribution in [1.82, 2.24) is 0 Å². The van der Waals surface area contributed by atoms with Gasteiger partial charge in [-0.3, -0.25) is 4.79 Å². The lowest BCUT2D eigenvalue weighted by atomic mass is 9.97. The molecule has 0 aliphatic rings. The maximum atomic E-state index is 13.6. The summed E-state index contributed by atoms with van der Waals surface area (Å²) in [6.45, 7) is 3.72. The molecule has 0 unspecified atom stereocenters. The van der Waals surface area contributed by atoms with Crippen molar-refractivity contribution >= 4 is 21.7 Å². The maximum absolute atomic E-state index is 13.6. The first-order chi connectivity index (χ1) is 9.38. The van der Waals surface area contributed by atoms with E-state index in [2.05, 4.69) is 15.9 Å². The van der Waals surface area contributed by atoms with Crippen molar-refractivity contribution in [1.29, 1.82) is 0 Å². The van der Waals surface area contributed by atoms with E-state index in [0.29, 0.717) is 5.56 Å². The molecule has 2 aromatic carbocycles. The summed E-state index contributed by atoms with van der Waals surface area (Å²) >= 11 is 3.40. The number of halogens is 3. The highest BCUT2D eigenvalue weighted by Crippen LogP contribution is 2.22. The predicted molar refractivity (Wildman–Crippen MR) is 78.0 cm³/mol. The van der Waals surface area contributed by atoms with E-state index < -0.39 is 11.6 Å². The summed E-state index contributed by atoms with van der Waals surface area (Å²) in [5.41, 5.74) is 2.54. The zero-order chi connectivity index (χ0) is 14.9. The van der Waals surface area contributed by atoms with Gasteiger partial charge in [-0.2, -0.15) is 0 Å². The molecule has 1 nitrogen and oxygen atoms in total. The lowest BCUT2D eigenvalue weighted by Gasteiger charge is -2.09. The summed E-state index contributed by atoms with van der Waals surface area (Å²) in [5.74, 6) is -1.51. The first-order valence-electron chi connectivity index (χ1n) is 6.12. The van der Waals surface area contributed by atoms with Crippen molar-refractivity contribution in [3.05, 3.63) is 68.7 Å². The maximum Gasteiger partial charge on any atom is 0.167 e. The first kappa shape index (κ1) is 14.9. The van der Waals surface area contributed by atoms with Crippen molar-refractivity contribution in [2.45, 2.75) is 20.3 Å². The second kappa shape index (κ2) is 5.83. The number of carbonyl (C=O) groups excluding carboxylic acids is 1. The molecule has 0 heterocycles. The zero-order valence-electron chi connectivity index (χ0n) is 11.1. The van der Waals surface area contributed by atoms with E-state index in [1.54, 1.807) is 6.07 Å². The molecule has 0 bridgehead atoms. The molecule has 0 spiro atoms. The molecule has 0 fully saturated rings. The summed E-state index contributed by atoms with van der Waals surface area (Å²) < 4.78 is 27.3. The van der Waals surface area contributed by atoms with Crippen molar-refractivity contribution in [2.24, 2.45) is 0 Å². The lowest BCUT2D eigenvalue weighted by Crippen LogP contribution is -2.08. The van der Waals surface area contributed by atoms with Gasteiger partial charge in [-0.1, -0.05) is 22.0 Å². The number of hydrogen-bond donors (Lipinski definition) is 0. The van der Waals surface area contributed by atoms with Crippen molar-refractivity contribution < 1.29 is 13.6 Å². The number of ketones is 1. The van der Waals surface area contributed by atoms with Crippen LogP contribution in [0.2, 0.25) is 0 Å². The Bertz CT molecular complexity index is 680. The molecule has 0 atom stereocenters. The number of benzene rings is 2. The van der Waals surface area contributed by atoms with E-state index in [9.17, 15) is 13.6 Å². The molecule has 0 aliphatic heterocycles. The van der Waals surface area contributed by atoms with E-state index >= 15 is 0 Å². The third-order valence-corrected chi connectivity index (χ3v) is 4.03. The molecule has 4 heteroatoms. The van der Waals surface area contributed by atoms with E-state index in [0.717, 1.165) is 27.7 Å². The molecule has 0 saturated heterocycles. The van der Waals surface area contributed by atoms with Crippen molar-refractivity contribution in [3.63, 3.8) is 0 Å². The van der Waals surface area contributed by atoms with E-state index in [1.807, 2.05) is 19.9 Å². The summed E-state index contributed by atoms with van der Waals surface area (Å²) in [6.07, 6.45) is -0.0754. The summed E-state index contributed by atoms with van der Waals surface area (Å²) in [5, 5.41) is 0. The zero-order valence-corrected chi connectivity index (χ0v) is 12.7. The number of Topliss-reactive ketones (excluding diaryl/α,β-unsaturated/α-hetero) is 1. The van der Waals surface area contributed by atoms with Crippen LogP contribution in [0.5, 0.6) is 0 Å². The van der Waals surface area contributed by atoms with E-state index in [4.69, 9.17) is 0 Å². The molecule has 2 rings (SSSR count). The van der Waals surface area contributed by atoms with Crippen molar-refractivity contribution in [2.75, 3.05) is 0 Å². The van der Waals surface area contributed by atoms with Crippen LogP contribution in [0.3, 0.4) is 0 Å². The van der Waals surface area contributed by atoms with Crippen LogP contribution >= 0.6 is 15.9 Å². The van der Waals surface area contributed by atoms with Crippen LogP contribution in [0.4, 0.5) is 8.78 Å². The Kier molecular flexibility index (Phi) is 4.33. The van der Waals surface area contributed by atoms with Crippen LogP contribution in [0.1, 0.15) is 27.0 Å². The average Bonchev–Trinajstić information content (AvgIpc) is 2.37. The average molecular weight is 339 g/mol. The Morgan fingerprint density at radius 3 is 2.45 bits per heavy atom. The van der Waals surface area contributed by atoms with Crippen LogP contribution in [-0.4, -0.2) is 5.78 Å². The van der Waals surface area contributed by atoms with Gasteiger partial charge in [0.2, 0.25) is 0 Å². The monoisotopic (exact) mass is 338 g/mol. The van der Waals surface area contributed by atoms with Crippen LogP contribution in [0.25, 0.3) is 0 Å². The number of rotatable bonds is 3. The molecule has 104 valence electrons. The molecule has 0 N–H and O–H groups in total. The van der Waals surface area contributed by atoms with Gasteiger partial charge >= 0.3 is 0 Å². The van der Waals surface area contributed by atoms with Gasteiger partial charge in [0.05, 0.1) is 0 Å². The second-order valence-corrected chi connectivity index (χ2v) is 5.61. The molecular weight excluding hydrogens is 326 g/mol. The van der Waals surface area contributed by atoms with Gasteiger partial charge in [0.25, 0.3) is 0 Å². The second-order valence-electron chi connectivity index (χ2n) is 4.75. The van der Waals surface area contributed by atoms with Crippen LogP contribution < -0.4 is 0 Å². The minimum Gasteiger partial charge on any atom is -0.294 e. The molecule has 2 aromatic rings. The molecule has 0 radical (unpaired) electrons. The van der Waals surface area contributed by atoms with Crippen LogP contribution in [-0.2, 0) is 6.42 Å². The molecular formula is C16H13BrF2O. The number of hydrogen-bond acceptors (Lipinski definition) is 1. The van der Waals surface area contributed by atoms with Crippen LogP contribution in [0, 0.1) is 25.5 Å². The predicted octanol–water partition coefficient (Wildman–Crippen LogP) is 4.77. The van der Waals surface area contributed by atoms with Crippen molar-refractivity contribution in [3.8, 4) is 0 Å². The fraction of sp³-hybridized carbons (Fsp3) is 0.188. The SMILES string of the molecule is Cc1cc(C(=O)Cc2ccc(F)cc2F)c(C)cc1Br. The van der Waals surface area contributed by atoms with Crippen LogP contribution in [0.15, 0.2) is 34.8 Å². The highest BCUT2D eigenvalue weighted by Gasteiger charge is 2.14. The highest BCUT2D eigenvalue weighted by molar-refractivity contribution is 9.10. The van der Waals surface area contributed by atoms with Gasteiger partial charge in [0.1, 0.15) is 11.6 Å². The standard InChI is InChI=1S/C16H13BrF2O/c1-9-6-14(17)10(2)5-13(9)16(20)7-11-3-4-12(18)8-15(11)19/h3-6,8H,7H2,1-2H3. The highest BCUT2D eigenvalue weighted by atomic mass is 79.9. The third kappa shape index (κ3) is 3.12. The van der Waals surface area contributed by atoms with Gasteiger partial charge in [-0.05, 0) is 48.7 Å². The normalized spacial score (nSPS) is 10.7. The minimum absolute atomic E-state index is 0.0754. The smallest absolute Gasteiger partial charge is 0.167 e.